The molecule has 0 aliphatic carbocycles. The molecule has 0 radical (unpaired) electrons. The summed E-state index contributed by atoms with van der Waals surface area (Å²) in [6.45, 7) is 1.46. The fraction of sp³-hybridized carbons (Fsp3) is 0.389. The molecule has 0 unspecified atom stereocenters. The van der Waals surface area contributed by atoms with E-state index in [1.807, 2.05) is 0 Å². The van der Waals surface area contributed by atoms with Crippen LogP contribution in [0.4, 0.5) is 5.82 Å². The first-order chi connectivity index (χ1) is 14.3. The summed E-state index contributed by atoms with van der Waals surface area (Å²) in [7, 11) is 1.43. The summed E-state index contributed by atoms with van der Waals surface area (Å²) >= 11 is 12.0. The number of hydrogen-bond acceptors (Lipinski definition) is 9. The Morgan fingerprint density at radius 1 is 1.16 bits per heavy atom. The number of halogens is 3. The lowest BCUT2D eigenvalue weighted by atomic mass is 9.87. The second kappa shape index (κ2) is 9.00. The van der Waals surface area contributed by atoms with E-state index in [9.17, 15) is 15.3 Å². The minimum absolute atomic E-state index is 0. The van der Waals surface area contributed by atoms with Crippen molar-refractivity contribution in [3.05, 3.63) is 46.5 Å². The van der Waals surface area contributed by atoms with E-state index in [1.54, 1.807) is 6.07 Å². The lowest BCUT2D eigenvalue weighted by Gasteiger charge is -2.32. The van der Waals surface area contributed by atoms with Gasteiger partial charge in [0.1, 0.15) is 30.2 Å². The first-order valence-corrected chi connectivity index (χ1v) is 9.67. The van der Waals surface area contributed by atoms with Gasteiger partial charge in [-0.2, -0.15) is 0 Å². The Labute approximate surface area is 193 Å². The molecular weight excluding hydrogens is 473 g/mol. The first-order valence-electron chi connectivity index (χ1n) is 8.91. The SMILES string of the molecule is CONc1ncnc2c1ncn2[C@@H]1O[C@H]([C@](C)(O)c2ccc(Cl)c(Cl)c2)[C@@H](O)[C@H]1O.Cl. The molecule has 0 saturated carbocycles. The van der Waals surface area contributed by atoms with Gasteiger partial charge < -0.3 is 20.1 Å². The third-order valence-electron chi connectivity index (χ3n) is 5.13. The number of rotatable bonds is 5. The molecule has 0 spiro atoms. The van der Waals surface area contributed by atoms with E-state index >= 15 is 0 Å². The number of fused-ring (bicyclic) bond motifs is 1. The van der Waals surface area contributed by atoms with Gasteiger partial charge in [-0.3, -0.25) is 9.40 Å². The molecule has 1 saturated heterocycles. The molecule has 5 atom stereocenters. The van der Waals surface area contributed by atoms with Gasteiger partial charge in [0.05, 0.1) is 23.5 Å². The number of hydrogen-bond donors (Lipinski definition) is 4. The highest BCUT2D eigenvalue weighted by molar-refractivity contribution is 6.42. The molecule has 31 heavy (non-hydrogen) atoms. The van der Waals surface area contributed by atoms with Crippen LogP contribution in [0.2, 0.25) is 10.0 Å². The van der Waals surface area contributed by atoms with E-state index in [-0.39, 0.29) is 17.4 Å². The number of ether oxygens (including phenoxy) is 1. The van der Waals surface area contributed by atoms with Gasteiger partial charge in [0.25, 0.3) is 0 Å². The average Bonchev–Trinajstić information content (AvgIpc) is 3.27. The lowest BCUT2D eigenvalue weighted by Crippen LogP contribution is -2.45. The maximum Gasteiger partial charge on any atom is 0.181 e. The minimum Gasteiger partial charge on any atom is -0.387 e. The highest BCUT2D eigenvalue weighted by Crippen LogP contribution is 2.41. The third kappa shape index (κ3) is 4.06. The van der Waals surface area contributed by atoms with Crippen LogP contribution >= 0.6 is 35.6 Å². The molecule has 4 N–H and O–H groups in total. The Hall–Kier alpha value is -1.76. The van der Waals surface area contributed by atoms with Crippen LogP contribution in [0.1, 0.15) is 18.7 Å². The second-order valence-corrected chi connectivity index (χ2v) is 7.87. The van der Waals surface area contributed by atoms with Gasteiger partial charge in [-0.05, 0) is 24.6 Å². The van der Waals surface area contributed by atoms with Gasteiger partial charge in [-0.1, -0.05) is 29.3 Å². The molecule has 1 aliphatic rings. The van der Waals surface area contributed by atoms with Gasteiger partial charge in [0.15, 0.2) is 23.2 Å². The van der Waals surface area contributed by atoms with E-state index in [0.717, 1.165) is 0 Å². The van der Waals surface area contributed by atoms with Gasteiger partial charge in [0.2, 0.25) is 0 Å². The molecule has 0 bridgehead atoms. The smallest absolute Gasteiger partial charge is 0.181 e. The van der Waals surface area contributed by atoms with E-state index in [1.165, 1.54) is 43.4 Å². The average molecular weight is 493 g/mol. The van der Waals surface area contributed by atoms with Crippen molar-refractivity contribution in [2.75, 3.05) is 12.6 Å². The monoisotopic (exact) mass is 491 g/mol. The Balaban J connectivity index is 0.00000272. The van der Waals surface area contributed by atoms with Crippen LogP contribution in [0.25, 0.3) is 11.2 Å². The highest BCUT2D eigenvalue weighted by Gasteiger charge is 2.52. The molecule has 4 rings (SSSR count). The van der Waals surface area contributed by atoms with Gasteiger partial charge in [0, 0.05) is 0 Å². The summed E-state index contributed by atoms with van der Waals surface area (Å²) < 4.78 is 7.37. The molecule has 1 aromatic carbocycles. The summed E-state index contributed by atoms with van der Waals surface area (Å²) in [4.78, 5) is 17.3. The fourth-order valence-electron chi connectivity index (χ4n) is 3.54. The Kier molecular flexibility index (Phi) is 6.94. The van der Waals surface area contributed by atoms with Crippen molar-refractivity contribution in [2.45, 2.75) is 37.1 Å². The first kappa shape index (κ1) is 23.9. The number of aromatic nitrogens is 4. The Morgan fingerprint density at radius 3 is 2.58 bits per heavy atom. The van der Waals surface area contributed by atoms with Crippen LogP contribution in [-0.2, 0) is 15.2 Å². The Bertz CT molecular complexity index is 1080. The number of aliphatic hydroxyl groups is 3. The van der Waals surface area contributed by atoms with Gasteiger partial charge in [-0.15, -0.1) is 12.4 Å². The molecule has 13 heteroatoms. The maximum atomic E-state index is 11.2. The topological polar surface area (TPSA) is 135 Å². The van der Waals surface area contributed by atoms with Crippen molar-refractivity contribution in [2.24, 2.45) is 0 Å². The molecule has 3 aromatic rings. The van der Waals surface area contributed by atoms with Gasteiger partial charge in [-0.25, -0.2) is 20.4 Å². The predicted molar refractivity (Wildman–Crippen MR) is 115 cm³/mol. The van der Waals surface area contributed by atoms with Crippen molar-refractivity contribution in [3.8, 4) is 0 Å². The molecule has 10 nitrogen and oxygen atoms in total. The minimum atomic E-state index is -1.68. The van der Waals surface area contributed by atoms with Crippen LogP contribution in [0.3, 0.4) is 0 Å². The zero-order valence-corrected chi connectivity index (χ0v) is 18.6. The molecule has 168 valence electrons. The van der Waals surface area contributed by atoms with E-state index in [2.05, 4.69) is 20.4 Å². The number of benzene rings is 1. The van der Waals surface area contributed by atoms with Crippen molar-refractivity contribution in [3.63, 3.8) is 0 Å². The normalized spacial score (nSPS) is 25.3. The molecule has 3 heterocycles. The standard InChI is InChI=1S/C18H19Cl2N5O5.ClH/c1-18(28,8-3-4-9(19)10(20)5-8)14-12(26)13(27)17(30-14)25-7-23-11-15(24-29-2)21-6-22-16(11)25;/h3-7,12-14,17,26-28H,1-2H3,(H,21,22,24);1H/t12-,13+,14-,17+,18+;/m0./s1. The fourth-order valence-corrected chi connectivity index (χ4v) is 3.84. The van der Waals surface area contributed by atoms with Crippen LogP contribution in [-0.4, -0.2) is 60.3 Å². The summed E-state index contributed by atoms with van der Waals surface area (Å²) in [6, 6.07) is 4.60. The molecular formula is C18H20Cl3N5O5. The largest absolute Gasteiger partial charge is 0.387 e. The molecule has 0 amide bonds. The zero-order valence-electron chi connectivity index (χ0n) is 16.3. The van der Waals surface area contributed by atoms with Crippen molar-refractivity contribution in [1.29, 1.82) is 0 Å². The number of imidazole rings is 1. The van der Waals surface area contributed by atoms with Crippen LogP contribution < -0.4 is 5.48 Å². The summed E-state index contributed by atoms with van der Waals surface area (Å²) in [5.41, 5.74) is 2.01. The predicted octanol–water partition coefficient (Wildman–Crippen LogP) is 2.06. The molecule has 2 aromatic heterocycles. The molecule has 1 fully saturated rings. The number of aliphatic hydroxyl groups excluding tert-OH is 2. The maximum absolute atomic E-state index is 11.2. The van der Waals surface area contributed by atoms with Crippen LogP contribution in [0, 0.1) is 0 Å². The van der Waals surface area contributed by atoms with E-state index in [4.69, 9.17) is 32.8 Å². The quantitative estimate of drug-likeness (QED) is 0.395. The third-order valence-corrected chi connectivity index (χ3v) is 5.87. The summed E-state index contributed by atoms with van der Waals surface area (Å²) in [5, 5.41) is 33.1. The number of nitrogens with zero attached hydrogens (tertiary/aromatic N) is 4. The lowest BCUT2D eigenvalue weighted by molar-refractivity contribution is -0.135. The van der Waals surface area contributed by atoms with Crippen molar-refractivity contribution >= 4 is 52.6 Å². The summed E-state index contributed by atoms with van der Waals surface area (Å²) in [6.07, 6.45) is -2.31. The second-order valence-electron chi connectivity index (χ2n) is 7.06. The van der Waals surface area contributed by atoms with Crippen molar-refractivity contribution < 1.29 is 24.9 Å². The van der Waals surface area contributed by atoms with E-state index in [0.29, 0.717) is 27.6 Å². The molecule has 1 aliphatic heterocycles. The summed E-state index contributed by atoms with van der Waals surface area (Å²) in [5.74, 6) is 0.327. The van der Waals surface area contributed by atoms with E-state index < -0.39 is 30.1 Å². The van der Waals surface area contributed by atoms with Crippen LogP contribution in [0.5, 0.6) is 0 Å². The number of nitrogens with one attached hydrogen (secondary N) is 1. The van der Waals surface area contributed by atoms with Crippen LogP contribution in [0.15, 0.2) is 30.9 Å². The number of anilines is 1. The van der Waals surface area contributed by atoms with Crippen molar-refractivity contribution in [1.82, 2.24) is 19.5 Å². The Morgan fingerprint density at radius 2 is 1.90 bits per heavy atom. The van der Waals surface area contributed by atoms with Gasteiger partial charge >= 0.3 is 0 Å². The highest BCUT2D eigenvalue weighted by atomic mass is 35.5. The zero-order chi connectivity index (χ0) is 21.6.